The number of hydrogen-bond donors (Lipinski definition) is 2. The maximum atomic E-state index is 5.81. The lowest BCUT2D eigenvalue weighted by atomic mass is 10.1. The molecule has 0 bridgehead atoms. The molecule has 0 radical (unpaired) electrons. The number of rotatable bonds is 4. The van der Waals surface area contributed by atoms with Crippen LogP contribution in [0.4, 0.5) is 5.69 Å². The van der Waals surface area contributed by atoms with E-state index in [4.69, 9.17) is 5.73 Å². The summed E-state index contributed by atoms with van der Waals surface area (Å²) in [5, 5.41) is 5.42. The summed E-state index contributed by atoms with van der Waals surface area (Å²) in [7, 11) is 0. The van der Waals surface area contributed by atoms with E-state index in [2.05, 4.69) is 36.5 Å². The molecule has 0 spiro atoms. The van der Waals surface area contributed by atoms with Crippen molar-refractivity contribution >= 4 is 17.0 Å². The highest BCUT2D eigenvalue weighted by molar-refractivity contribution is 7.10. The molecule has 84 valence electrons. The molecule has 0 aliphatic heterocycles. The summed E-state index contributed by atoms with van der Waals surface area (Å²) in [6.07, 6.45) is 0. The second-order valence-corrected chi connectivity index (χ2v) is 4.89. The first-order chi connectivity index (χ1) is 7.75. The molecular formula is C13H16N2S. The van der Waals surface area contributed by atoms with Crippen LogP contribution >= 0.6 is 11.3 Å². The molecule has 3 N–H and O–H groups in total. The van der Waals surface area contributed by atoms with E-state index in [9.17, 15) is 0 Å². The predicted molar refractivity (Wildman–Crippen MR) is 70.5 cm³/mol. The zero-order chi connectivity index (χ0) is 11.4. The van der Waals surface area contributed by atoms with E-state index in [1.807, 2.05) is 11.4 Å². The Kier molecular flexibility index (Phi) is 3.59. The lowest BCUT2D eigenvalue weighted by molar-refractivity contribution is 0.702. The number of aryl methyl sites for hydroxylation is 1. The number of anilines is 1. The van der Waals surface area contributed by atoms with E-state index in [1.165, 1.54) is 16.0 Å². The monoisotopic (exact) mass is 232 g/mol. The summed E-state index contributed by atoms with van der Waals surface area (Å²) < 4.78 is 0. The molecule has 2 nitrogen and oxygen atoms in total. The number of nitrogen functional groups attached to an aromatic ring is 1. The average Bonchev–Trinajstić information content (AvgIpc) is 2.68. The molecule has 0 saturated carbocycles. The van der Waals surface area contributed by atoms with Crippen molar-refractivity contribution in [3.8, 4) is 0 Å². The molecule has 0 aliphatic carbocycles. The molecule has 1 aromatic carbocycles. The van der Waals surface area contributed by atoms with Gasteiger partial charge in [-0.3, -0.25) is 0 Å². The Balaban J connectivity index is 1.84. The number of nitrogens with two attached hydrogens (primary N) is 1. The number of benzene rings is 1. The third-order valence-corrected chi connectivity index (χ3v) is 3.45. The van der Waals surface area contributed by atoms with Crippen LogP contribution in [0.25, 0.3) is 0 Å². The minimum Gasteiger partial charge on any atom is -0.398 e. The number of hydrogen-bond acceptors (Lipinski definition) is 3. The molecule has 0 saturated heterocycles. The summed E-state index contributed by atoms with van der Waals surface area (Å²) in [6.45, 7) is 3.83. The standard InChI is InChI=1S/C13H16N2S/c1-10-2-4-11(5-3-10)8-15-9-13-12(14)6-7-16-13/h2-7,15H,8-9,14H2,1H3. The zero-order valence-corrected chi connectivity index (χ0v) is 10.2. The topological polar surface area (TPSA) is 38.0 Å². The van der Waals surface area contributed by atoms with E-state index in [0.717, 1.165) is 18.8 Å². The Hall–Kier alpha value is -1.32. The fourth-order valence-corrected chi connectivity index (χ4v) is 2.29. The van der Waals surface area contributed by atoms with Crippen LogP contribution in [-0.2, 0) is 13.1 Å². The second-order valence-electron chi connectivity index (χ2n) is 3.89. The smallest absolute Gasteiger partial charge is 0.0468 e. The van der Waals surface area contributed by atoms with Crippen LogP contribution in [0, 0.1) is 6.92 Å². The van der Waals surface area contributed by atoms with E-state index >= 15 is 0 Å². The fourth-order valence-electron chi connectivity index (χ4n) is 1.52. The summed E-state index contributed by atoms with van der Waals surface area (Å²) in [5.41, 5.74) is 9.30. The highest BCUT2D eigenvalue weighted by Gasteiger charge is 1.99. The third kappa shape index (κ3) is 2.84. The van der Waals surface area contributed by atoms with Gasteiger partial charge in [-0.2, -0.15) is 0 Å². The number of nitrogens with one attached hydrogen (secondary N) is 1. The minimum atomic E-state index is 0.845. The molecule has 1 aromatic heterocycles. The average molecular weight is 232 g/mol. The van der Waals surface area contributed by atoms with Crippen molar-refractivity contribution in [2.75, 3.05) is 5.73 Å². The van der Waals surface area contributed by atoms with Gasteiger partial charge >= 0.3 is 0 Å². The van der Waals surface area contributed by atoms with Crippen LogP contribution < -0.4 is 11.1 Å². The molecule has 16 heavy (non-hydrogen) atoms. The van der Waals surface area contributed by atoms with Crippen LogP contribution in [0.5, 0.6) is 0 Å². The molecular weight excluding hydrogens is 216 g/mol. The van der Waals surface area contributed by atoms with Gasteiger partial charge < -0.3 is 11.1 Å². The quantitative estimate of drug-likeness (QED) is 0.850. The summed E-state index contributed by atoms with van der Waals surface area (Å²) >= 11 is 1.70. The minimum absolute atomic E-state index is 0.845. The van der Waals surface area contributed by atoms with Crippen molar-refractivity contribution < 1.29 is 0 Å². The molecule has 2 rings (SSSR count). The van der Waals surface area contributed by atoms with Gasteiger partial charge in [0.1, 0.15) is 0 Å². The highest BCUT2D eigenvalue weighted by Crippen LogP contribution is 2.18. The van der Waals surface area contributed by atoms with Gasteiger partial charge in [0.05, 0.1) is 0 Å². The van der Waals surface area contributed by atoms with Gasteiger partial charge in [0.25, 0.3) is 0 Å². The lowest BCUT2D eigenvalue weighted by Gasteiger charge is -2.04. The Bertz CT molecular complexity index is 445. The first kappa shape index (κ1) is 11.2. The first-order valence-electron chi connectivity index (χ1n) is 5.34. The van der Waals surface area contributed by atoms with Gasteiger partial charge in [-0.15, -0.1) is 11.3 Å². The predicted octanol–water partition coefficient (Wildman–Crippen LogP) is 2.93. The largest absolute Gasteiger partial charge is 0.398 e. The Morgan fingerprint density at radius 1 is 1.12 bits per heavy atom. The Labute approximate surface area is 100 Å². The highest BCUT2D eigenvalue weighted by atomic mass is 32.1. The van der Waals surface area contributed by atoms with Gasteiger partial charge in [0, 0.05) is 23.7 Å². The van der Waals surface area contributed by atoms with Gasteiger partial charge in [-0.25, -0.2) is 0 Å². The second kappa shape index (κ2) is 5.14. The van der Waals surface area contributed by atoms with Gasteiger partial charge in [0.2, 0.25) is 0 Å². The lowest BCUT2D eigenvalue weighted by Crippen LogP contribution is -2.12. The van der Waals surface area contributed by atoms with Gasteiger partial charge in [0.15, 0.2) is 0 Å². The van der Waals surface area contributed by atoms with Gasteiger partial charge in [-0.1, -0.05) is 29.8 Å². The molecule has 0 unspecified atom stereocenters. The Morgan fingerprint density at radius 3 is 2.50 bits per heavy atom. The maximum Gasteiger partial charge on any atom is 0.0468 e. The summed E-state index contributed by atoms with van der Waals surface area (Å²) in [5.74, 6) is 0. The molecule has 0 amide bonds. The summed E-state index contributed by atoms with van der Waals surface area (Å²) in [6, 6.07) is 10.5. The van der Waals surface area contributed by atoms with E-state index in [0.29, 0.717) is 0 Å². The van der Waals surface area contributed by atoms with Crippen LogP contribution in [0.15, 0.2) is 35.7 Å². The van der Waals surface area contributed by atoms with Crippen molar-refractivity contribution in [1.29, 1.82) is 0 Å². The third-order valence-electron chi connectivity index (χ3n) is 2.52. The normalized spacial score (nSPS) is 10.6. The van der Waals surface area contributed by atoms with Crippen LogP contribution in [0.2, 0.25) is 0 Å². The van der Waals surface area contributed by atoms with Crippen molar-refractivity contribution in [3.63, 3.8) is 0 Å². The Morgan fingerprint density at radius 2 is 1.88 bits per heavy atom. The summed E-state index contributed by atoms with van der Waals surface area (Å²) in [4.78, 5) is 1.21. The molecule has 0 fully saturated rings. The van der Waals surface area contributed by atoms with Crippen molar-refractivity contribution in [1.82, 2.24) is 5.32 Å². The molecule has 0 aliphatic rings. The van der Waals surface area contributed by atoms with Crippen LogP contribution in [0.3, 0.4) is 0 Å². The van der Waals surface area contributed by atoms with Crippen LogP contribution in [0.1, 0.15) is 16.0 Å². The molecule has 2 aromatic rings. The van der Waals surface area contributed by atoms with E-state index in [1.54, 1.807) is 11.3 Å². The zero-order valence-electron chi connectivity index (χ0n) is 9.36. The van der Waals surface area contributed by atoms with E-state index < -0.39 is 0 Å². The van der Waals surface area contributed by atoms with Crippen molar-refractivity contribution in [2.45, 2.75) is 20.0 Å². The van der Waals surface area contributed by atoms with E-state index in [-0.39, 0.29) is 0 Å². The maximum absolute atomic E-state index is 5.81. The van der Waals surface area contributed by atoms with Crippen molar-refractivity contribution in [2.24, 2.45) is 0 Å². The first-order valence-corrected chi connectivity index (χ1v) is 6.22. The SMILES string of the molecule is Cc1ccc(CNCc2sccc2N)cc1. The fraction of sp³-hybridized carbons (Fsp3) is 0.231. The molecule has 1 heterocycles. The van der Waals surface area contributed by atoms with Crippen molar-refractivity contribution in [3.05, 3.63) is 51.7 Å². The van der Waals surface area contributed by atoms with Crippen LogP contribution in [-0.4, -0.2) is 0 Å². The molecule has 3 heteroatoms. The molecule has 0 atom stereocenters. The van der Waals surface area contributed by atoms with Gasteiger partial charge in [-0.05, 0) is 23.9 Å². The number of thiophene rings is 1.